The number of rotatable bonds is 2. The molecule has 18 heavy (non-hydrogen) atoms. The Morgan fingerprint density at radius 2 is 1.94 bits per heavy atom. The number of halogens is 2. The number of nitrogens with zero attached hydrogens (tertiary/aromatic N) is 1. The Kier molecular flexibility index (Phi) is 3.45. The molecule has 0 spiro atoms. The third-order valence-electron chi connectivity index (χ3n) is 2.38. The van der Waals surface area contributed by atoms with E-state index in [0.717, 1.165) is 0 Å². The number of hydrogen-bond acceptors (Lipinski definition) is 3. The summed E-state index contributed by atoms with van der Waals surface area (Å²) in [5, 5.41) is 0.424. The maximum atomic E-state index is 11.6. The molecule has 94 valence electrons. The second-order valence-corrected chi connectivity index (χ2v) is 4.53. The lowest BCUT2D eigenvalue weighted by molar-refractivity contribution is 0.721. The quantitative estimate of drug-likeness (QED) is 0.820. The van der Waals surface area contributed by atoms with Gasteiger partial charge < -0.3 is 5.73 Å². The zero-order valence-electron chi connectivity index (χ0n) is 9.11. The lowest BCUT2D eigenvalue weighted by atomic mass is 10.2. The van der Waals surface area contributed by atoms with Crippen LogP contribution in [0, 0.1) is 0 Å². The van der Waals surface area contributed by atoms with Crippen molar-refractivity contribution in [3.63, 3.8) is 0 Å². The van der Waals surface area contributed by atoms with Gasteiger partial charge in [-0.05, 0) is 23.8 Å². The molecule has 2 aromatic rings. The maximum absolute atomic E-state index is 11.6. The smallest absolute Gasteiger partial charge is 0.328 e. The molecule has 0 bridgehead atoms. The Morgan fingerprint density at radius 1 is 1.22 bits per heavy atom. The highest BCUT2D eigenvalue weighted by Gasteiger charge is 2.06. The molecule has 7 heteroatoms. The molecule has 5 nitrogen and oxygen atoms in total. The molecular formula is C11H9Cl2N3O2. The van der Waals surface area contributed by atoms with Crippen LogP contribution in [0.4, 0.5) is 5.69 Å². The SMILES string of the molecule is Nc1ccc(Cl)c(Cn2cc(Cl)c(=O)[nH]c2=O)c1. The van der Waals surface area contributed by atoms with Crippen molar-refractivity contribution in [1.29, 1.82) is 0 Å². The summed E-state index contributed by atoms with van der Waals surface area (Å²) in [6.07, 6.45) is 1.27. The van der Waals surface area contributed by atoms with E-state index in [1.165, 1.54) is 10.8 Å². The normalized spacial score (nSPS) is 10.6. The van der Waals surface area contributed by atoms with Crippen LogP contribution in [-0.4, -0.2) is 9.55 Å². The first-order chi connectivity index (χ1) is 8.47. The third kappa shape index (κ3) is 2.57. The van der Waals surface area contributed by atoms with Crippen molar-refractivity contribution in [2.45, 2.75) is 6.54 Å². The van der Waals surface area contributed by atoms with Gasteiger partial charge in [0.1, 0.15) is 5.02 Å². The number of nitrogen functional groups attached to an aromatic ring is 1. The summed E-state index contributed by atoms with van der Waals surface area (Å²) in [6, 6.07) is 4.97. The van der Waals surface area contributed by atoms with Crippen LogP contribution in [0.25, 0.3) is 0 Å². The van der Waals surface area contributed by atoms with Gasteiger partial charge in [-0.1, -0.05) is 23.2 Å². The highest BCUT2D eigenvalue weighted by Crippen LogP contribution is 2.19. The second-order valence-electron chi connectivity index (χ2n) is 3.72. The van der Waals surface area contributed by atoms with Crippen molar-refractivity contribution in [3.05, 3.63) is 60.8 Å². The van der Waals surface area contributed by atoms with Crippen LogP contribution in [-0.2, 0) is 6.54 Å². The Hall–Kier alpha value is -1.72. The Bertz CT molecular complexity index is 706. The summed E-state index contributed by atoms with van der Waals surface area (Å²) in [4.78, 5) is 24.8. The van der Waals surface area contributed by atoms with Gasteiger partial charge in [0.05, 0.1) is 6.54 Å². The Labute approximate surface area is 112 Å². The number of aromatic amines is 1. The van der Waals surface area contributed by atoms with Crippen LogP contribution in [0.5, 0.6) is 0 Å². The molecule has 2 rings (SSSR count). The zero-order valence-corrected chi connectivity index (χ0v) is 10.6. The zero-order chi connectivity index (χ0) is 13.3. The van der Waals surface area contributed by atoms with Gasteiger partial charge in [0.15, 0.2) is 0 Å². The predicted octanol–water partition coefficient (Wildman–Crippen LogP) is 1.47. The van der Waals surface area contributed by atoms with E-state index >= 15 is 0 Å². The van der Waals surface area contributed by atoms with E-state index in [4.69, 9.17) is 28.9 Å². The number of H-pyrrole nitrogens is 1. The van der Waals surface area contributed by atoms with Gasteiger partial charge in [-0.15, -0.1) is 0 Å². The summed E-state index contributed by atoms with van der Waals surface area (Å²) in [5.74, 6) is 0. The summed E-state index contributed by atoms with van der Waals surface area (Å²) in [7, 11) is 0. The van der Waals surface area contributed by atoms with E-state index in [0.29, 0.717) is 16.3 Å². The van der Waals surface area contributed by atoms with Crippen molar-refractivity contribution in [3.8, 4) is 0 Å². The van der Waals surface area contributed by atoms with Gasteiger partial charge in [-0.3, -0.25) is 14.3 Å². The number of hydrogen-bond donors (Lipinski definition) is 2. The summed E-state index contributed by atoms with van der Waals surface area (Å²) >= 11 is 11.7. The van der Waals surface area contributed by atoms with E-state index in [1.54, 1.807) is 18.2 Å². The lowest BCUT2D eigenvalue weighted by Crippen LogP contribution is -2.30. The third-order valence-corrected chi connectivity index (χ3v) is 3.02. The molecule has 0 amide bonds. The summed E-state index contributed by atoms with van der Waals surface area (Å²) in [6.45, 7) is 0.180. The Morgan fingerprint density at radius 3 is 2.67 bits per heavy atom. The lowest BCUT2D eigenvalue weighted by Gasteiger charge is -2.08. The van der Waals surface area contributed by atoms with Crippen LogP contribution in [0.2, 0.25) is 10.0 Å². The molecule has 3 N–H and O–H groups in total. The highest BCUT2D eigenvalue weighted by molar-refractivity contribution is 6.31. The minimum atomic E-state index is -0.614. The van der Waals surface area contributed by atoms with Crippen molar-refractivity contribution in [2.24, 2.45) is 0 Å². The Balaban J connectivity index is 2.46. The molecule has 0 aliphatic rings. The highest BCUT2D eigenvalue weighted by atomic mass is 35.5. The molecule has 1 aromatic heterocycles. The predicted molar refractivity (Wildman–Crippen MR) is 71.3 cm³/mol. The standard InChI is InChI=1S/C11H9Cl2N3O2/c12-8-2-1-7(14)3-6(8)4-16-5-9(13)10(17)15-11(16)18/h1-3,5H,4,14H2,(H,15,17,18). The first-order valence-corrected chi connectivity index (χ1v) is 5.76. The molecule has 0 saturated heterocycles. The fourth-order valence-corrected chi connectivity index (χ4v) is 1.84. The maximum Gasteiger partial charge on any atom is 0.328 e. The minimum absolute atomic E-state index is 0.0605. The molecular weight excluding hydrogens is 277 g/mol. The van der Waals surface area contributed by atoms with Gasteiger partial charge in [0, 0.05) is 16.9 Å². The van der Waals surface area contributed by atoms with Gasteiger partial charge in [0.25, 0.3) is 5.56 Å². The average molecular weight is 286 g/mol. The molecule has 0 unspecified atom stereocenters. The molecule has 0 aliphatic carbocycles. The summed E-state index contributed by atoms with van der Waals surface area (Å²) < 4.78 is 1.25. The van der Waals surface area contributed by atoms with Crippen LogP contribution >= 0.6 is 23.2 Å². The molecule has 0 saturated carbocycles. The van der Waals surface area contributed by atoms with Gasteiger partial charge >= 0.3 is 5.69 Å². The topological polar surface area (TPSA) is 80.9 Å². The summed E-state index contributed by atoms with van der Waals surface area (Å²) in [5.41, 5.74) is 5.68. The monoisotopic (exact) mass is 285 g/mol. The molecule has 1 heterocycles. The fourth-order valence-electron chi connectivity index (χ4n) is 1.50. The van der Waals surface area contributed by atoms with Crippen molar-refractivity contribution in [2.75, 3.05) is 5.73 Å². The van der Waals surface area contributed by atoms with E-state index < -0.39 is 11.2 Å². The largest absolute Gasteiger partial charge is 0.399 e. The van der Waals surface area contributed by atoms with Gasteiger partial charge in [0.2, 0.25) is 0 Å². The molecule has 0 aliphatic heterocycles. The van der Waals surface area contributed by atoms with Crippen molar-refractivity contribution >= 4 is 28.9 Å². The number of nitrogens with one attached hydrogen (secondary N) is 1. The first-order valence-electron chi connectivity index (χ1n) is 5.00. The van der Waals surface area contributed by atoms with E-state index in [2.05, 4.69) is 4.98 Å². The molecule has 0 fully saturated rings. The number of benzene rings is 1. The van der Waals surface area contributed by atoms with Crippen molar-refractivity contribution < 1.29 is 0 Å². The van der Waals surface area contributed by atoms with Gasteiger partial charge in [-0.2, -0.15) is 0 Å². The second kappa shape index (κ2) is 4.88. The molecule has 0 atom stereocenters. The minimum Gasteiger partial charge on any atom is -0.399 e. The van der Waals surface area contributed by atoms with E-state index in [9.17, 15) is 9.59 Å². The number of aromatic nitrogens is 2. The first kappa shape index (κ1) is 12.7. The number of anilines is 1. The van der Waals surface area contributed by atoms with Crippen LogP contribution < -0.4 is 17.0 Å². The molecule has 0 radical (unpaired) electrons. The van der Waals surface area contributed by atoms with E-state index in [1.807, 2.05) is 0 Å². The van der Waals surface area contributed by atoms with Crippen LogP contribution in [0.1, 0.15) is 5.56 Å². The number of nitrogens with two attached hydrogens (primary N) is 1. The van der Waals surface area contributed by atoms with Crippen molar-refractivity contribution in [1.82, 2.24) is 9.55 Å². The average Bonchev–Trinajstić information content (AvgIpc) is 2.30. The van der Waals surface area contributed by atoms with Crippen LogP contribution in [0.15, 0.2) is 34.0 Å². The van der Waals surface area contributed by atoms with E-state index in [-0.39, 0.29) is 11.6 Å². The molecule has 1 aromatic carbocycles. The van der Waals surface area contributed by atoms with Gasteiger partial charge in [-0.25, -0.2) is 4.79 Å². The van der Waals surface area contributed by atoms with Crippen LogP contribution in [0.3, 0.4) is 0 Å². The fraction of sp³-hybridized carbons (Fsp3) is 0.0909.